The van der Waals surface area contributed by atoms with Crippen molar-refractivity contribution in [3.63, 3.8) is 0 Å². The molecule has 1 aliphatic rings. The molecule has 1 heterocycles. The SMILES string of the molecule is NC1(CNc2ncc([N+](=O)[O-])s2)CCC1. The molecule has 1 fully saturated rings. The Kier molecular flexibility index (Phi) is 2.57. The first-order valence-electron chi connectivity index (χ1n) is 4.72. The first kappa shape index (κ1) is 10.3. The second-order valence-electron chi connectivity index (χ2n) is 3.83. The monoisotopic (exact) mass is 228 g/mol. The Morgan fingerprint density at radius 2 is 2.47 bits per heavy atom. The van der Waals surface area contributed by atoms with Crippen LogP contribution in [0.5, 0.6) is 0 Å². The van der Waals surface area contributed by atoms with Gasteiger partial charge in [-0.2, -0.15) is 0 Å². The lowest BCUT2D eigenvalue weighted by Gasteiger charge is -2.37. The van der Waals surface area contributed by atoms with E-state index in [1.54, 1.807) is 0 Å². The zero-order valence-electron chi connectivity index (χ0n) is 8.10. The number of thiazole rings is 1. The van der Waals surface area contributed by atoms with Crippen molar-refractivity contribution in [2.75, 3.05) is 11.9 Å². The van der Waals surface area contributed by atoms with Gasteiger partial charge in [0.2, 0.25) is 0 Å². The van der Waals surface area contributed by atoms with E-state index in [-0.39, 0.29) is 10.5 Å². The predicted molar refractivity (Wildman–Crippen MR) is 58.0 cm³/mol. The highest BCUT2D eigenvalue weighted by atomic mass is 32.1. The Morgan fingerprint density at radius 3 is 2.93 bits per heavy atom. The van der Waals surface area contributed by atoms with Gasteiger partial charge in [0.05, 0.1) is 4.92 Å². The molecule has 0 radical (unpaired) electrons. The average molecular weight is 228 g/mol. The van der Waals surface area contributed by atoms with Gasteiger partial charge in [-0.3, -0.25) is 10.1 Å². The van der Waals surface area contributed by atoms with Gasteiger partial charge in [0.15, 0.2) is 5.13 Å². The van der Waals surface area contributed by atoms with Crippen molar-refractivity contribution in [2.24, 2.45) is 5.73 Å². The van der Waals surface area contributed by atoms with Gasteiger partial charge >= 0.3 is 5.00 Å². The summed E-state index contributed by atoms with van der Waals surface area (Å²) in [4.78, 5) is 13.9. The molecule has 0 bridgehead atoms. The van der Waals surface area contributed by atoms with Crippen molar-refractivity contribution in [2.45, 2.75) is 24.8 Å². The highest BCUT2D eigenvalue weighted by Crippen LogP contribution is 2.30. The molecule has 0 unspecified atom stereocenters. The topological polar surface area (TPSA) is 94.1 Å². The number of aromatic nitrogens is 1. The van der Waals surface area contributed by atoms with Gasteiger partial charge in [-0.25, -0.2) is 4.98 Å². The highest BCUT2D eigenvalue weighted by molar-refractivity contribution is 7.18. The summed E-state index contributed by atoms with van der Waals surface area (Å²) in [6.07, 6.45) is 4.44. The second-order valence-corrected chi connectivity index (χ2v) is 4.84. The summed E-state index contributed by atoms with van der Waals surface area (Å²) in [7, 11) is 0. The molecule has 1 saturated carbocycles. The lowest BCUT2D eigenvalue weighted by molar-refractivity contribution is -0.380. The number of hydrogen-bond donors (Lipinski definition) is 2. The van der Waals surface area contributed by atoms with E-state index in [0.717, 1.165) is 30.6 Å². The zero-order chi connectivity index (χ0) is 10.9. The first-order chi connectivity index (χ1) is 7.09. The number of nitrogens with one attached hydrogen (secondary N) is 1. The molecule has 6 nitrogen and oxygen atoms in total. The quantitative estimate of drug-likeness (QED) is 0.599. The molecule has 82 valence electrons. The van der Waals surface area contributed by atoms with E-state index in [9.17, 15) is 10.1 Å². The Bertz CT molecular complexity index is 374. The van der Waals surface area contributed by atoms with Crippen LogP contribution in [0.3, 0.4) is 0 Å². The third-order valence-corrected chi connectivity index (χ3v) is 3.52. The van der Waals surface area contributed by atoms with Gasteiger partial charge in [0.25, 0.3) is 0 Å². The van der Waals surface area contributed by atoms with E-state index in [1.807, 2.05) is 0 Å². The zero-order valence-corrected chi connectivity index (χ0v) is 8.92. The highest BCUT2D eigenvalue weighted by Gasteiger charge is 2.32. The van der Waals surface area contributed by atoms with Crippen molar-refractivity contribution in [3.8, 4) is 0 Å². The number of nitrogens with two attached hydrogens (primary N) is 1. The summed E-state index contributed by atoms with van der Waals surface area (Å²) in [5, 5.41) is 14.1. The fraction of sp³-hybridized carbons (Fsp3) is 0.625. The van der Waals surface area contributed by atoms with Gasteiger partial charge in [-0.05, 0) is 30.6 Å². The Labute approximate surface area is 90.7 Å². The molecule has 0 aromatic carbocycles. The van der Waals surface area contributed by atoms with Gasteiger partial charge in [-0.1, -0.05) is 0 Å². The number of nitrogens with zero attached hydrogens (tertiary/aromatic N) is 2. The van der Waals surface area contributed by atoms with Crippen LogP contribution in [-0.2, 0) is 0 Å². The first-order valence-corrected chi connectivity index (χ1v) is 5.54. The molecule has 0 amide bonds. The maximum atomic E-state index is 10.4. The Balaban J connectivity index is 1.90. The number of anilines is 1. The van der Waals surface area contributed by atoms with Crippen molar-refractivity contribution >= 4 is 21.5 Å². The van der Waals surface area contributed by atoms with Crippen LogP contribution in [-0.4, -0.2) is 22.0 Å². The van der Waals surface area contributed by atoms with E-state index in [1.165, 1.54) is 6.20 Å². The van der Waals surface area contributed by atoms with Crippen molar-refractivity contribution < 1.29 is 4.92 Å². The van der Waals surface area contributed by atoms with Crippen molar-refractivity contribution in [1.82, 2.24) is 4.98 Å². The molecule has 1 aliphatic carbocycles. The van der Waals surface area contributed by atoms with Crippen LogP contribution >= 0.6 is 11.3 Å². The Hall–Kier alpha value is -1.21. The van der Waals surface area contributed by atoms with Gasteiger partial charge in [-0.15, -0.1) is 0 Å². The maximum Gasteiger partial charge on any atom is 0.345 e. The van der Waals surface area contributed by atoms with Crippen molar-refractivity contribution in [1.29, 1.82) is 0 Å². The number of rotatable bonds is 4. The molecule has 3 N–H and O–H groups in total. The molecule has 0 atom stereocenters. The van der Waals surface area contributed by atoms with Crippen LogP contribution in [0.2, 0.25) is 0 Å². The summed E-state index contributed by atoms with van der Waals surface area (Å²) < 4.78 is 0. The molecule has 2 rings (SSSR count). The maximum absolute atomic E-state index is 10.4. The van der Waals surface area contributed by atoms with E-state index in [2.05, 4.69) is 10.3 Å². The molecule has 7 heteroatoms. The molecule has 0 saturated heterocycles. The van der Waals surface area contributed by atoms with Gasteiger partial charge < -0.3 is 11.1 Å². The molecule has 15 heavy (non-hydrogen) atoms. The predicted octanol–water partition coefficient (Wildman–Crippen LogP) is 1.34. The molecular weight excluding hydrogens is 216 g/mol. The van der Waals surface area contributed by atoms with Crippen molar-refractivity contribution in [3.05, 3.63) is 16.3 Å². The van der Waals surface area contributed by atoms with Crippen LogP contribution in [0.15, 0.2) is 6.20 Å². The summed E-state index contributed by atoms with van der Waals surface area (Å²) in [6.45, 7) is 0.637. The molecule has 0 aliphatic heterocycles. The summed E-state index contributed by atoms with van der Waals surface area (Å²) in [6, 6.07) is 0. The molecule has 0 spiro atoms. The van der Waals surface area contributed by atoms with Gasteiger partial charge in [0.1, 0.15) is 6.20 Å². The van der Waals surface area contributed by atoms with E-state index in [0.29, 0.717) is 11.7 Å². The van der Waals surface area contributed by atoms with Crippen LogP contribution < -0.4 is 11.1 Å². The number of nitro groups is 1. The summed E-state index contributed by atoms with van der Waals surface area (Å²) in [5.74, 6) is 0. The lowest BCUT2D eigenvalue weighted by Crippen LogP contribution is -2.51. The van der Waals surface area contributed by atoms with E-state index >= 15 is 0 Å². The molecule has 1 aromatic heterocycles. The summed E-state index contributed by atoms with van der Waals surface area (Å²) in [5.41, 5.74) is 5.86. The van der Waals surface area contributed by atoms with Gasteiger partial charge in [0, 0.05) is 12.1 Å². The van der Waals surface area contributed by atoms with Crippen LogP contribution in [0.4, 0.5) is 10.1 Å². The average Bonchev–Trinajstić information content (AvgIpc) is 2.60. The minimum atomic E-state index is -0.440. The largest absolute Gasteiger partial charge is 0.359 e. The smallest absolute Gasteiger partial charge is 0.345 e. The fourth-order valence-corrected chi connectivity index (χ4v) is 2.12. The van der Waals surface area contributed by atoms with Crippen LogP contribution in [0, 0.1) is 10.1 Å². The lowest BCUT2D eigenvalue weighted by atomic mass is 9.78. The van der Waals surface area contributed by atoms with Crippen LogP contribution in [0.25, 0.3) is 0 Å². The number of hydrogen-bond acceptors (Lipinski definition) is 6. The minimum absolute atomic E-state index is 0.0529. The third kappa shape index (κ3) is 2.24. The Morgan fingerprint density at radius 1 is 1.73 bits per heavy atom. The standard InChI is InChI=1S/C8H12N4O2S/c9-8(2-1-3-8)5-11-7-10-4-6(15-7)12(13)14/h4H,1-3,5,9H2,(H,10,11). The summed E-state index contributed by atoms with van der Waals surface area (Å²) >= 11 is 1.04. The van der Waals surface area contributed by atoms with E-state index < -0.39 is 4.92 Å². The fourth-order valence-electron chi connectivity index (χ4n) is 1.49. The minimum Gasteiger partial charge on any atom is -0.359 e. The third-order valence-electron chi connectivity index (χ3n) is 2.61. The normalized spacial score (nSPS) is 18.2. The molecular formula is C8H12N4O2S. The molecule has 1 aromatic rings. The second kappa shape index (κ2) is 3.74. The van der Waals surface area contributed by atoms with E-state index in [4.69, 9.17) is 5.73 Å². The van der Waals surface area contributed by atoms with Crippen LogP contribution in [0.1, 0.15) is 19.3 Å².